The fourth-order valence-corrected chi connectivity index (χ4v) is 1.45. The van der Waals surface area contributed by atoms with Crippen molar-refractivity contribution in [2.75, 3.05) is 0 Å². The normalized spacial score (nSPS) is 11.2. The van der Waals surface area contributed by atoms with Gasteiger partial charge in [0, 0.05) is 12.4 Å². The lowest BCUT2D eigenvalue weighted by Gasteiger charge is -2.13. The molecule has 0 spiro atoms. The van der Waals surface area contributed by atoms with Crippen LogP contribution in [0.25, 0.3) is 5.69 Å². The predicted molar refractivity (Wildman–Crippen MR) is 61.3 cm³/mol. The molecular formula is C12H12N4O. The minimum Gasteiger partial charge on any atom is -0.384 e. The highest BCUT2D eigenvalue weighted by Crippen LogP contribution is 2.19. The van der Waals surface area contributed by atoms with Crippen LogP contribution >= 0.6 is 0 Å². The summed E-state index contributed by atoms with van der Waals surface area (Å²) in [4.78, 5) is 3.96. The fourth-order valence-electron chi connectivity index (χ4n) is 1.45. The maximum absolute atomic E-state index is 9.82. The first-order valence-electron chi connectivity index (χ1n) is 5.16. The van der Waals surface area contributed by atoms with Gasteiger partial charge in [-0.25, -0.2) is 9.67 Å². The number of hydrogen-bond acceptors (Lipinski definition) is 4. The second-order valence-electron chi connectivity index (χ2n) is 4.19. The molecule has 0 aromatic carbocycles. The Balaban J connectivity index is 2.49. The van der Waals surface area contributed by atoms with E-state index in [-0.39, 0.29) is 0 Å². The summed E-state index contributed by atoms with van der Waals surface area (Å²) in [7, 11) is 0. The summed E-state index contributed by atoms with van der Waals surface area (Å²) >= 11 is 0. The molecule has 5 nitrogen and oxygen atoms in total. The Morgan fingerprint density at radius 2 is 2.18 bits per heavy atom. The van der Waals surface area contributed by atoms with E-state index in [0.29, 0.717) is 17.1 Å². The van der Waals surface area contributed by atoms with Gasteiger partial charge in [-0.1, -0.05) is 0 Å². The Kier molecular flexibility index (Phi) is 2.66. The zero-order chi connectivity index (χ0) is 12.5. The quantitative estimate of drug-likeness (QED) is 0.842. The van der Waals surface area contributed by atoms with Gasteiger partial charge in [0.15, 0.2) is 5.69 Å². The van der Waals surface area contributed by atoms with Gasteiger partial charge in [0.05, 0.1) is 5.69 Å². The van der Waals surface area contributed by atoms with E-state index in [2.05, 4.69) is 10.1 Å². The number of aliphatic hydroxyl groups is 1. The first kappa shape index (κ1) is 11.3. The van der Waals surface area contributed by atoms with Crippen LogP contribution in [0.2, 0.25) is 0 Å². The van der Waals surface area contributed by atoms with Crippen LogP contribution in [0, 0.1) is 11.3 Å². The molecule has 2 rings (SSSR count). The van der Waals surface area contributed by atoms with Crippen LogP contribution in [0.3, 0.4) is 0 Å². The highest BCUT2D eigenvalue weighted by Gasteiger charge is 2.19. The molecule has 0 atom stereocenters. The molecule has 0 saturated heterocycles. The van der Waals surface area contributed by atoms with Gasteiger partial charge < -0.3 is 5.11 Å². The van der Waals surface area contributed by atoms with E-state index in [4.69, 9.17) is 5.26 Å². The van der Waals surface area contributed by atoms with Crippen LogP contribution < -0.4 is 0 Å². The smallest absolute Gasteiger partial charge is 0.166 e. The molecule has 0 aliphatic rings. The molecule has 2 heterocycles. The van der Waals surface area contributed by atoms with Crippen LogP contribution in [-0.2, 0) is 5.60 Å². The predicted octanol–water partition coefficient (Wildman–Crippen LogP) is 1.37. The minimum absolute atomic E-state index is 0.304. The summed E-state index contributed by atoms with van der Waals surface area (Å²) in [6.45, 7) is 3.32. The molecule has 0 radical (unpaired) electrons. The van der Waals surface area contributed by atoms with Gasteiger partial charge in [0.25, 0.3) is 0 Å². The van der Waals surface area contributed by atoms with Gasteiger partial charge in [-0.3, -0.25) is 0 Å². The van der Waals surface area contributed by atoms with Gasteiger partial charge in [0.2, 0.25) is 0 Å². The lowest BCUT2D eigenvalue weighted by molar-refractivity contribution is 0.0734. The van der Waals surface area contributed by atoms with Crippen molar-refractivity contribution in [3.63, 3.8) is 0 Å². The topological polar surface area (TPSA) is 74.7 Å². The van der Waals surface area contributed by atoms with E-state index >= 15 is 0 Å². The molecule has 0 unspecified atom stereocenters. The van der Waals surface area contributed by atoms with Crippen LogP contribution in [0.1, 0.15) is 25.2 Å². The van der Waals surface area contributed by atoms with Crippen molar-refractivity contribution in [2.24, 2.45) is 0 Å². The number of aromatic nitrogens is 3. The molecule has 0 aliphatic heterocycles. The molecule has 86 valence electrons. The van der Waals surface area contributed by atoms with Gasteiger partial charge in [0.1, 0.15) is 17.4 Å². The van der Waals surface area contributed by atoms with Crippen LogP contribution in [0.15, 0.2) is 30.6 Å². The summed E-state index contributed by atoms with van der Waals surface area (Å²) in [6, 6.07) is 7.22. The van der Waals surface area contributed by atoms with Crippen molar-refractivity contribution in [1.82, 2.24) is 14.8 Å². The average Bonchev–Trinajstić information content (AvgIpc) is 2.77. The minimum atomic E-state index is -1.000. The largest absolute Gasteiger partial charge is 0.384 e. The molecule has 5 heteroatoms. The second kappa shape index (κ2) is 4.00. The molecule has 0 fully saturated rings. The van der Waals surface area contributed by atoms with Crippen molar-refractivity contribution in [1.29, 1.82) is 5.26 Å². The summed E-state index contributed by atoms with van der Waals surface area (Å²) in [5.41, 5.74) is 0.453. The van der Waals surface area contributed by atoms with Crippen molar-refractivity contribution >= 4 is 0 Å². The van der Waals surface area contributed by atoms with Gasteiger partial charge in [-0.15, -0.1) is 0 Å². The Morgan fingerprint density at radius 1 is 1.41 bits per heavy atom. The van der Waals surface area contributed by atoms with E-state index in [0.717, 1.165) is 0 Å². The standard InChI is InChI=1S/C12H12N4O/c1-12(2,17)11-5-7-16(15-11)10-4-3-6-14-9(10)8-13/h3-7,17H,1-2H3. The third kappa shape index (κ3) is 2.17. The highest BCUT2D eigenvalue weighted by atomic mass is 16.3. The number of rotatable bonds is 2. The summed E-state index contributed by atoms with van der Waals surface area (Å²) in [6.07, 6.45) is 3.26. The molecule has 2 aromatic heterocycles. The molecule has 0 amide bonds. The molecule has 2 aromatic rings. The number of nitriles is 1. The van der Waals surface area contributed by atoms with Crippen molar-refractivity contribution in [3.8, 4) is 11.8 Å². The Morgan fingerprint density at radius 3 is 2.76 bits per heavy atom. The lowest BCUT2D eigenvalue weighted by atomic mass is 10.1. The highest BCUT2D eigenvalue weighted by molar-refractivity contribution is 5.43. The second-order valence-corrected chi connectivity index (χ2v) is 4.19. The van der Waals surface area contributed by atoms with Crippen LogP contribution in [0.4, 0.5) is 0 Å². The molecular weight excluding hydrogens is 216 g/mol. The average molecular weight is 228 g/mol. The van der Waals surface area contributed by atoms with Crippen LogP contribution in [-0.4, -0.2) is 19.9 Å². The van der Waals surface area contributed by atoms with Gasteiger partial charge in [-0.2, -0.15) is 10.4 Å². The van der Waals surface area contributed by atoms with Crippen molar-refractivity contribution < 1.29 is 5.11 Å². The van der Waals surface area contributed by atoms with E-state index in [9.17, 15) is 5.11 Å². The summed E-state index contributed by atoms with van der Waals surface area (Å²) in [5.74, 6) is 0. The Hall–Kier alpha value is -2.19. The van der Waals surface area contributed by atoms with E-state index in [1.165, 1.54) is 0 Å². The zero-order valence-electron chi connectivity index (χ0n) is 9.62. The lowest BCUT2D eigenvalue weighted by Crippen LogP contribution is -2.16. The van der Waals surface area contributed by atoms with Crippen LogP contribution in [0.5, 0.6) is 0 Å². The van der Waals surface area contributed by atoms with E-state index < -0.39 is 5.60 Å². The molecule has 0 bridgehead atoms. The maximum Gasteiger partial charge on any atom is 0.166 e. The van der Waals surface area contributed by atoms with Gasteiger partial charge >= 0.3 is 0 Å². The first-order chi connectivity index (χ1) is 8.02. The van der Waals surface area contributed by atoms with E-state index in [1.807, 2.05) is 6.07 Å². The Bertz CT molecular complexity index is 575. The summed E-state index contributed by atoms with van der Waals surface area (Å²) < 4.78 is 1.54. The zero-order valence-corrected chi connectivity index (χ0v) is 9.62. The monoisotopic (exact) mass is 228 g/mol. The third-order valence-electron chi connectivity index (χ3n) is 2.36. The molecule has 0 aliphatic carbocycles. The first-order valence-corrected chi connectivity index (χ1v) is 5.16. The SMILES string of the molecule is CC(C)(O)c1ccn(-c2cccnc2C#N)n1. The van der Waals surface area contributed by atoms with Gasteiger partial charge in [-0.05, 0) is 32.0 Å². The number of hydrogen-bond donors (Lipinski definition) is 1. The molecule has 1 N–H and O–H groups in total. The van der Waals surface area contributed by atoms with Crippen molar-refractivity contribution in [2.45, 2.75) is 19.4 Å². The summed E-state index contributed by atoms with van der Waals surface area (Å²) in [5, 5.41) is 23.0. The Labute approximate surface area is 99.0 Å². The maximum atomic E-state index is 9.82. The molecule has 17 heavy (non-hydrogen) atoms. The third-order valence-corrected chi connectivity index (χ3v) is 2.36. The van der Waals surface area contributed by atoms with Crippen molar-refractivity contribution in [3.05, 3.63) is 42.0 Å². The number of nitrogens with zero attached hydrogens (tertiary/aromatic N) is 4. The fraction of sp³-hybridized carbons (Fsp3) is 0.250. The van der Waals surface area contributed by atoms with E-state index in [1.54, 1.807) is 49.1 Å². The number of pyridine rings is 1. The molecule has 0 saturated carbocycles.